The minimum absolute atomic E-state index is 0.0672. The van der Waals surface area contributed by atoms with Gasteiger partial charge >= 0.3 is 6.03 Å². The van der Waals surface area contributed by atoms with Crippen LogP contribution >= 0.6 is 0 Å². The van der Waals surface area contributed by atoms with Gasteiger partial charge in [0.25, 0.3) is 0 Å². The van der Waals surface area contributed by atoms with Gasteiger partial charge in [0.1, 0.15) is 0 Å². The number of likely N-dealkylation sites (tertiary alicyclic amines) is 1. The van der Waals surface area contributed by atoms with Crippen molar-refractivity contribution >= 4 is 16.9 Å². The Morgan fingerprint density at radius 3 is 2.61 bits per heavy atom. The maximum absolute atomic E-state index is 13.2. The number of carbonyl (C=O) groups excluding carboxylic acids is 1. The quantitative estimate of drug-likeness (QED) is 0.409. The minimum atomic E-state index is -0.0672. The molecule has 0 radical (unpaired) electrons. The summed E-state index contributed by atoms with van der Waals surface area (Å²) >= 11 is 0. The van der Waals surface area contributed by atoms with Gasteiger partial charge in [-0.3, -0.25) is 9.58 Å². The molecule has 5 rings (SSSR count). The third-order valence-corrected chi connectivity index (χ3v) is 8.06. The largest absolute Gasteiger partial charge is 0.370 e. The van der Waals surface area contributed by atoms with Gasteiger partial charge in [-0.2, -0.15) is 0 Å². The molecule has 6 nitrogen and oxygen atoms in total. The zero-order chi connectivity index (χ0) is 25.1. The number of nitrogens with zero attached hydrogens (tertiary/aromatic N) is 3. The first-order chi connectivity index (χ1) is 17.7. The Morgan fingerprint density at radius 2 is 1.86 bits per heavy atom. The second kappa shape index (κ2) is 11.1. The van der Waals surface area contributed by atoms with Gasteiger partial charge in [-0.15, -0.1) is 0 Å². The molecule has 2 aromatic carbocycles. The Balaban J connectivity index is 1.55. The average Bonchev–Trinajstić information content (AvgIpc) is 3.19. The fourth-order valence-corrected chi connectivity index (χ4v) is 6.36. The summed E-state index contributed by atoms with van der Waals surface area (Å²) in [5.41, 5.74) is 9.35. The van der Waals surface area contributed by atoms with Crippen LogP contribution in [0, 0.1) is 0 Å². The van der Waals surface area contributed by atoms with Crippen molar-refractivity contribution in [2.24, 2.45) is 0 Å². The van der Waals surface area contributed by atoms with E-state index in [0.717, 1.165) is 29.7 Å². The Bertz CT molecular complexity index is 1180. The number of aromatic nitrogens is 1. The van der Waals surface area contributed by atoms with E-state index in [1.807, 2.05) is 41.6 Å². The lowest BCUT2D eigenvalue weighted by atomic mass is 9.74. The maximum atomic E-state index is 13.2. The normalized spacial score (nSPS) is 19.3. The summed E-state index contributed by atoms with van der Waals surface area (Å²) in [6.07, 6.45) is 4.67. The number of benzene rings is 2. The first kappa shape index (κ1) is 24.8. The third-order valence-electron chi connectivity index (χ3n) is 8.06. The molecular weight excluding hydrogens is 448 g/mol. The molecule has 0 spiro atoms. The van der Waals surface area contributed by atoms with E-state index in [2.05, 4.69) is 47.6 Å². The number of fused-ring (bicyclic) bond motifs is 2. The Hall–Kier alpha value is -2.83. The first-order valence-electron chi connectivity index (χ1n) is 13.7. The highest BCUT2D eigenvalue weighted by molar-refractivity contribution is 5.93. The molecule has 2 aliphatic rings. The lowest BCUT2D eigenvalue weighted by Gasteiger charge is -2.44. The second-order valence-electron chi connectivity index (χ2n) is 10.1. The number of hydrogen-bond acceptors (Lipinski definition) is 3. The van der Waals surface area contributed by atoms with Crippen molar-refractivity contribution < 1.29 is 9.53 Å². The van der Waals surface area contributed by atoms with Crippen LogP contribution in [0.5, 0.6) is 0 Å². The zero-order valence-corrected chi connectivity index (χ0v) is 22.0. The van der Waals surface area contributed by atoms with Crippen LogP contribution in [0.1, 0.15) is 68.3 Å². The van der Waals surface area contributed by atoms with Gasteiger partial charge in [-0.25, -0.2) is 10.2 Å². The van der Waals surface area contributed by atoms with E-state index in [1.54, 1.807) is 0 Å². The van der Waals surface area contributed by atoms with E-state index >= 15 is 0 Å². The van der Waals surface area contributed by atoms with Crippen LogP contribution in [-0.2, 0) is 24.4 Å². The molecule has 2 heterocycles. The minimum Gasteiger partial charge on any atom is -0.370 e. The van der Waals surface area contributed by atoms with E-state index in [-0.39, 0.29) is 6.03 Å². The van der Waals surface area contributed by atoms with Gasteiger partial charge in [-0.05, 0) is 75.4 Å². The van der Waals surface area contributed by atoms with Crippen LogP contribution in [-0.4, -0.2) is 52.7 Å². The molecule has 36 heavy (non-hydrogen) atoms. The molecule has 1 N–H and O–H groups in total. The van der Waals surface area contributed by atoms with Crippen LogP contribution in [0.4, 0.5) is 4.79 Å². The summed E-state index contributed by atoms with van der Waals surface area (Å²) in [5.74, 6) is 0.550. The predicted octanol–water partition coefficient (Wildman–Crippen LogP) is 5.88. The molecule has 1 saturated heterocycles. The van der Waals surface area contributed by atoms with E-state index in [4.69, 9.17) is 4.74 Å². The SMILES string of the molecule is CCCN1CCC[C@@H]2c3cccc4c3c(c(COCc3ccccc3)n4NC(=O)N(CC)CC)C[C@H]21. The van der Waals surface area contributed by atoms with E-state index in [0.29, 0.717) is 38.3 Å². The van der Waals surface area contributed by atoms with Gasteiger partial charge in [-0.1, -0.05) is 49.4 Å². The summed E-state index contributed by atoms with van der Waals surface area (Å²) < 4.78 is 8.32. The van der Waals surface area contributed by atoms with Crippen LogP contribution in [0.2, 0.25) is 0 Å². The van der Waals surface area contributed by atoms with Crippen molar-refractivity contribution in [3.63, 3.8) is 0 Å². The summed E-state index contributed by atoms with van der Waals surface area (Å²) in [4.78, 5) is 17.7. The fraction of sp³-hybridized carbons (Fsp3) is 0.500. The van der Waals surface area contributed by atoms with Gasteiger partial charge in [0.15, 0.2) is 0 Å². The van der Waals surface area contributed by atoms with Crippen LogP contribution < -0.4 is 5.43 Å². The van der Waals surface area contributed by atoms with E-state index < -0.39 is 0 Å². The Labute approximate surface area is 215 Å². The van der Waals surface area contributed by atoms with Crippen molar-refractivity contribution in [2.75, 3.05) is 31.6 Å². The fourth-order valence-electron chi connectivity index (χ4n) is 6.36. The molecule has 192 valence electrons. The van der Waals surface area contributed by atoms with Crippen molar-refractivity contribution in [2.45, 2.75) is 71.6 Å². The molecule has 0 unspecified atom stereocenters. The van der Waals surface area contributed by atoms with Crippen molar-refractivity contribution in [3.05, 3.63) is 70.9 Å². The highest BCUT2D eigenvalue weighted by Crippen LogP contribution is 2.45. The first-order valence-corrected chi connectivity index (χ1v) is 13.7. The molecule has 2 amide bonds. The Kier molecular flexibility index (Phi) is 7.63. The van der Waals surface area contributed by atoms with Crippen LogP contribution in [0.15, 0.2) is 48.5 Å². The van der Waals surface area contributed by atoms with E-state index in [1.165, 1.54) is 42.3 Å². The average molecular weight is 489 g/mol. The molecule has 2 atom stereocenters. The molecule has 3 aromatic rings. The maximum Gasteiger partial charge on any atom is 0.336 e. The summed E-state index contributed by atoms with van der Waals surface area (Å²) in [6.45, 7) is 11.0. The lowest BCUT2D eigenvalue weighted by Crippen LogP contribution is -2.47. The number of amides is 2. The number of urea groups is 1. The molecule has 6 heteroatoms. The number of nitrogens with one attached hydrogen (secondary N) is 1. The summed E-state index contributed by atoms with van der Waals surface area (Å²) in [6, 6.07) is 17.4. The summed E-state index contributed by atoms with van der Waals surface area (Å²) in [7, 11) is 0. The highest BCUT2D eigenvalue weighted by Gasteiger charge is 2.39. The topological polar surface area (TPSA) is 49.7 Å². The standard InChI is InChI=1S/C30H40N4O2/c1-4-17-33-18-11-15-23-24-14-10-16-26-29(24)25(19-27(23)33)28(21-36-20-22-12-8-7-9-13-22)34(26)31-30(35)32(5-2)6-3/h7-10,12-14,16,23,27H,4-6,11,15,17-21H2,1-3H3,(H,31,35)/t23-,27-/m1/s1. The molecule has 0 bridgehead atoms. The molecule has 0 saturated carbocycles. The van der Waals surface area contributed by atoms with Gasteiger partial charge < -0.3 is 9.64 Å². The number of hydrogen-bond donors (Lipinski definition) is 1. The highest BCUT2D eigenvalue weighted by atomic mass is 16.5. The molecular formula is C30H40N4O2. The van der Waals surface area contributed by atoms with Gasteiger partial charge in [0.2, 0.25) is 0 Å². The second-order valence-corrected chi connectivity index (χ2v) is 10.1. The number of piperidine rings is 1. The van der Waals surface area contributed by atoms with Crippen LogP contribution in [0.3, 0.4) is 0 Å². The monoisotopic (exact) mass is 488 g/mol. The van der Waals surface area contributed by atoms with Crippen molar-refractivity contribution in [3.8, 4) is 0 Å². The number of ether oxygens (including phenoxy) is 1. The zero-order valence-electron chi connectivity index (χ0n) is 22.0. The lowest BCUT2D eigenvalue weighted by molar-refractivity contribution is 0.100. The number of carbonyl (C=O) groups is 1. The van der Waals surface area contributed by atoms with Gasteiger partial charge in [0.05, 0.1) is 24.4 Å². The van der Waals surface area contributed by atoms with Gasteiger partial charge in [0, 0.05) is 30.4 Å². The van der Waals surface area contributed by atoms with Crippen molar-refractivity contribution in [1.29, 1.82) is 0 Å². The molecule has 1 fully saturated rings. The smallest absolute Gasteiger partial charge is 0.336 e. The summed E-state index contributed by atoms with van der Waals surface area (Å²) in [5, 5.41) is 1.33. The molecule has 1 aliphatic heterocycles. The van der Waals surface area contributed by atoms with Crippen LogP contribution in [0.25, 0.3) is 10.9 Å². The van der Waals surface area contributed by atoms with E-state index in [9.17, 15) is 4.79 Å². The third kappa shape index (κ3) is 4.64. The predicted molar refractivity (Wildman–Crippen MR) is 146 cm³/mol. The molecule has 1 aromatic heterocycles. The van der Waals surface area contributed by atoms with Crippen molar-refractivity contribution in [1.82, 2.24) is 14.5 Å². The molecule has 1 aliphatic carbocycles. The number of rotatable bonds is 9. The Morgan fingerprint density at radius 1 is 1.06 bits per heavy atom.